The number of hydrogen-bond acceptors (Lipinski definition) is 2. The molecule has 0 saturated heterocycles. The van der Waals surface area contributed by atoms with Crippen LogP contribution in [0, 0.1) is 0 Å². The number of benzene rings is 1. The molecule has 0 aromatic heterocycles. The topological polar surface area (TPSA) is 74.6 Å². The van der Waals surface area contributed by atoms with Crippen molar-refractivity contribution in [3.63, 3.8) is 0 Å². The molecule has 0 unspecified atom stereocenters. The van der Waals surface area contributed by atoms with Gasteiger partial charge in [-0.15, -0.1) is 0 Å². The lowest BCUT2D eigenvalue weighted by Crippen LogP contribution is -2.06. The van der Waals surface area contributed by atoms with Crippen LogP contribution >= 0.6 is 0 Å². The normalized spacial score (nSPS) is 10.6. The molecule has 0 spiro atoms. The maximum Gasteiger partial charge on any atom is 0.307 e. The highest BCUT2D eigenvalue weighted by atomic mass is 19.3. The molecule has 0 aliphatic heterocycles. The van der Waals surface area contributed by atoms with Crippen LogP contribution in [0.2, 0.25) is 0 Å². The molecule has 0 bridgehead atoms. The predicted molar refractivity (Wildman–Crippen MR) is 58.7 cm³/mol. The molecule has 0 fully saturated rings. The minimum Gasteiger partial charge on any atom is -0.481 e. The molecule has 6 heteroatoms. The molecule has 18 heavy (non-hydrogen) atoms. The van der Waals surface area contributed by atoms with Crippen molar-refractivity contribution in [2.24, 2.45) is 0 Å². The molecule has 1 aromatic carbocycles. The van der Waals surface area contributed by atoms with Crippen LogP contribution in [0.25, 0.3) is 0 Å². The van der Waals surface area contributed by atoms with Crippen molar-refractivity contribution in [2.45, 2.75) is 25.7 Å². The van der Waals surface area contributed by atoms with Gasteiger partial charge in [0, 0.05) is 12.0 Å². The van der Waals surface area contributed by atoms with Gasteiger partial charge < -0.3 is 10.2 Å². The molecule has 98 valence electrons. The van der Waals surface area contributed by atoms with E-state index in [1.165, 1.54) is 12.1 Å². The molecule has 0 heterocycles. The Morgan fingerprint density at radius 2 is 1.78 bits per heavy atom. The minimum absolute atomic E-state index is 0.126. The summed E-state index contributed by atoms with van der Waals surface area (Å²) in [6.07, 6.45) is -3.11. The summed E-state index contributed by atoms with van der Waals surface area (Å²) >= 11 is 0. The zero-order chi connectivity index (χ0) is 13.7. The van der Waals surface area contributed by atoms with E-state index in [1.807, 2.05) is 0 Å². The Morgan fingerprint density at radius 3 is 2.28 bits per heavy atom. The molecule has 1 rings (SSSR count). The van der Waals surface area contributed by atoms with E-state index in [9.17, 15) is 18.4 Å². The summed E-state index contributed by atoms with van der Waals surface area (Å²) in [4.78, 5) is 21.1. The van der Waals surface area contributed by atoms with Crippen molar-refractivity contribution in [3.05, 3.63) is 34.9 Å². The van der Waals surface area contributed by atoms with Crippen molar-refractivity contribution in [3.8, 4) is 0 Å². The van der Waals surface area contributed by atoms with Crippen LogP contribution in [0.3, 0.4) is 0 Å². The maximum absolute atomic E-state index is 12.5. The number of rotatable bonds is 6. The van der Waals surface area contributed by atoms with Gasteiger partial charge in [0.25, 0.3) is 6.43 Å². The van der Waals surface area contributed by atoms with E-state index in [-0.39, 0.29) is 24.0 Å². The van der Waals surface area contributed by atoms with Crippen LogP contribution < -0.4 is 0 Å². The van der Waals surface area contributed by atoms with Gasteiger partial charge in [-0.3, -0.25) is 9.59 Å². The monoisotopic (exact) mass is 258 g/mol. The van der Waals surface area contributed by atoms with E-state index >= 15 is 0 Å². The van der Waals surface area contributed by atoms with Crippen LogP contribution in [0.1, 0.15) is 29.5 Å². The molecule has 0 atom stereocenters. The van der Waals surface area contributed by atoms with Crippen LogP contribution in [-0.2, 0) is 22.4 Å². The largest absolute Gasteiger partial charge is 0.481 e. The van der Waals surface area contributed by atoms with Gasteiger partial charge in [0.1, 0.15) is 0 Å². The maximum atomic E-state index is 12.5. The van der Waals surface area contributed by atoms with E-state index in [0.717, 1.165) is 6.07 Å². The van der Waals surface area contributed by atoms with Crippen molar-refractivity contribution >= 4 is 11.9 Å². The number of carbonyl (C=O) groups is 2. The van der Waals surface area contributed by atoms with Crippen LogP contribution in [-0.4, -0.2) is 22.2 Å². The summed E-state index contributed by atoms with van der Waals surface area (Å²) in [5, 5.41) is 17.2. The number of alkyl halides is 2. The third kappa shape index (κ3) is 4.12. The van der Waals surface area contributed by atoms with Crippen LogP contribution in [0.5, 0.6) is 0 Å². The van der Waals surface area contributed by atoms with Gasteiger partial charge in [-0.25, -0.2) is 8.78 Å². The number of aliphatic carboxylic acids is 2. The predicted octanol–water partition coefficient (Wildman–Crippen LogP) is 2.27. The molecule has 0 radical (unpaired) electrons. The van der Waals surface area contributed by atoms with Crippen molar-refractivity contribution in [1.29, 1.82) is 0 Å². The first-order chi connectivity index (χ1) is 8.40. The third-order valence-corrected chi connectivity index (χ3v) is 2.43. The molecule has 0 amide bonds. The Morgan fingerprint density at radius 1 is 1.11 bits per heavy atom. The first-order valence-corrected chi connectivity index (χ1v) is 5.23. The van der Waals surface area contributed by atoms with Gasteiger partial charge >= 0.3 is 11.9 Å². The number of halogens is 2. The minimum atomic E-state index is -2.67. The van der Waals surface area contributed by atoms with Gasteiger partial charge in [0.15, 0.2) is 0 Å². The highest BCUT2D eigenvalue weighted by Gasteiger charge is 2.13. The molecule has 4 nitrogen and oxygen atoms in total. The Kier molecular flexibility index (Phi) is 4.76. The van der Waals surface area contributed by atoms with Gasteiger partial charge in [0.2, 0.25) is 0 Å². The van der Waals surface area contributed by atoms with Gasteiger partial charge in [-0.05, 0) is 23.6 Å². The summed E-state index contributed by atoms with van der Waals surface area (Å²) in [6.45, 7) is 0. The smallest absolute Gasteiger partial charge is 0.307 e. The third-order valence-electron chi connectivity index (χ3n) is 2.43. The molecular formula is C12H12F2O4. The Bertz CT molecular complexity index is 457. The van der Waals surface area contributed by atoms with Crippen molar-refractivity contribution < 1.29 is 28.6 Å². The Labute approximate surface area is 102 Å². The summed E-state index contributed by atoms with van der Waals surface area (Å²) in [5.74, 6) is -2.16. The SMILES string of the molecule is O=C(O)CCc1ccc(C(F)F)cc1CC(=O)O. The van der Waals surface area contributed by atoms with E-state index in [4.69, 9.17) is 10.2 Å². The number of hydrogen-bond donors (Lipinski definition) is 2. The number of carboxylic acids is 2. The average molecular weight is 258 g/mol. The quantitative estimate of drug-likeness (QED) is 0.820. The van der Waals surface area contributed by atoms with Gasteiger partial charge in [-0.2, -0.15) is 0 Å². The lowest BCUT2D eigenvalue weighted by Gasteiger charge is -2.09. The first-order valence-electron chi connectivity index (χ1n) is 5.23. The molecule has 0 aliphatic carbocycles. The fraction of sp³-hybridized carbons (Fsp3) is 0.333. The molecule has 0 aliphatic rings. The van der Waals surface area contributed by atoms with E-state index in [0.29, 0.717) is 5.56 Å². The summed E-state index contributed by atoms with van der Waals surface area (Å²) in [6, 6.07) is 3.67. The fourth-order valence-corrected chi connectivity index (χ4v) is 1.59. The van der Waals surface area contributed by atoms with E-state index < -0.39 is 24.8 Å². The lowest BCUT2D eigenvalue weighted by molar-refractivity contribution is -0.137. The Balaban J connectivity index is 3.00. The average Bonchev–Trinajstić information content (AvgIpc) is 2.26. The molecule has 1 aromatic rings. The highest BCUT2D eigenvalue weighted by molar-refractivity contribution is 5.71. The van der Waals surface area contributed by atoms with Crippen molar-refractivity contribution in [1.82, 2.24) is 0 Å². The molecule has 0 saturated carbocycles. The molecule has 2 N–H and O–H groups in total. The molecular weight excluding hydrogens is 246 g/mol. The van der Waals surface area contributed by atoms with Gasteiger partial charge in [-0.1, -0.05) is 12.1 Å². The summed E-state index contributed by atoms with van der Waals surface area (Å²) in [7, 11) is 0. The lowest BCUT2D eigenvalue weighted by atomic mass is 9.98. The first kappa shape index (κ1) is 14.1. The fourth-order valence-electron chi connectivity index (χ4n) is 1.59. The van der Waals surface area contributed by atoms with E-state index in [2.05, 4.69) is 0 Å². The second-order valence-electron chi connectivity index (χ2n) is 3.79. The second-order valence-corrected chi connectivity index (χ2v) is 3.79. The zero-order valence-corrected chi connectivity index (χ0v) is 9.40. The standard InChI is InChI=1S/C12H12F2O4/c13-12(14)8-2-1-7(3-4-10(15)16)9(5-8)6-11(17)18/h1-2,5,12H,3-4,6H2,(H,15,16)(H,17,18). The van der Waals surface area contributed by atoms with Crippen molar-refractivity contribution in [2.75, 3.05) is 0 Å². The van der Waals surface area contributed by atoms with Crippen LogP contribution in [0.15, 0.2) is 18.2 Å². The van der Waals surface area contributed by atoms with E-state index in [1.54, 1.807) is 0 Å². The summed E-state index contributed by atoms with van der Waals surface area (Å²) in [5.41, 5.74) is 0.455. The van der Waals surface area contributed by atoms with Crippen LogP contribution in [0.4, 0.5) is 8.78 Å². The second kappa shape index (κ2) is 6.09. The zero-order valence-electron chi connectivity index (χ0n) is 9.40. The number of carboxylic acid groups (broad SMARTS) is 2. The van der Waals surface area contributed by atoms with Gasteiger partial charge in [0.05, 0.1) is 6.42 Å². The Hall–Kier alpha value is -1.98. The summed E-state index contributed by atoms with van der Waals surface area (Å²) < 4.78 is 25.0. The highest BCUT2D eigenvalue weighted by Crippen LogP contribution is 2.23. The number of aryl methyl sites for hydroxylation is 1.